The summed E-state index contributed by atoms with van der Waals surface area (Å²) in [5.41, 5.74) is 1.77. The minimum absolute atomic E-state index is 0.258. The predicted octanol–water partition coefficient (Wildman–Crippen LogP) is 3.21. The van der Waals surface area contributed by atoms with Gasteiger partial charge in [0.05, 0.1) is 25.0 Å². The van der Waals surface area contributed by atoms with Crippen molar-refractivity contribution in [2.75, 3.05) is 13.1 Å². The van der Waals surface area contributed by atoms with Crippen LogP contribution in [0, 0.1) is 0 Å². The summed E-state index contributed by atoms with van der Waals surface area (Å²) >= 11 is 0. The highest BCUT2D eigenvalue weighted by Gasteiger charge is 2.29. The normalized spacial score (nSPS) is 18.1. The number of furan rings is 1. The monoisotopic (exact) mass is 349 g/mol. The quantitative estimate of drug-likeness (QED) is 0.563. The lowest BCUT2D eigenvalue weighted by Gasteiger charge is -2.12. The Labute approximate surface area is 150 Å². The van der Waals surface area contributed by atoms with Gasteiger partial charge in [0, 0.05) is 19.0 Å². The van der Waals surface area contributed by atoms with E-state index in [4.69, 9.17) is 8.83 Å². The second kappa shape index (κ2) is 6.10. The van der Waals surface area contributed by atoms with E-state index in [1.807, 2.05) is 29.8 Å². The first-order chi connectivity index (χ1) is 12.8. The Morgan fingerprint density at radius 3 is 2.96 bits per heavy atom. The number of hydrogen-bond donors (Lipinski definition) is 0. The van der Waals surface area contributed by atoms with Gasteiger partial charge in [0.2, 0.25) is 5.89 Å². The lowest BCUT2D eigenvalue weighted by Crippen LogP contribution is -2.19. The number of benzene rings is 1. The third kappa shape index (κ3) is 2.70. The van der Waals surface area contributed by atoms with Gasteiger partial charge in [0.15, 0.2) is 0 Å². The van der Waals surface area contributed by atoms with Crippen LogP contribution in [-0.4, -0.2) is 37.7 Å². The molecule has 7 nitrogen and oxygen atoms in total. The molecule has 5 rings (SSSR count). The van der Waals surface area contributed by atoms with Gasteiger partial charge in [-0.15, -0.1) is 10.2 Å². The predicted molar refractivity (Wildman–Crippen MR) is 95.3 cm³/mol. The molecule has 1 aromatic carbocycles. The van der Waals surface area contributed by atoms with E-state index in [0.29, 0.717) is 11.8 Å². The molecule has 4 aromatic rings. The third-order valence-electron chi connectivity index (χ3n) is 4.95. The number of likely N-dealkylation sites (tertiary alicyclic amines) is 1. The van der Waals surface area contributed by atoms with Gasteiger partial charge < -0.3 is 13.4 Å². The van der Waals surface area contributed by atoms with E-state index < -0.39 is 0 Å². The Morgan fingerprint density at radius 2 is 2.12 bits per heavy atom. The molecule has 0 bridgehead atoms. The molecule has 1 atom stereocenters. The summed E-state index contributed by atoms with van der Waals surface area (Å²) < 4.78 is 13.7. The maximum absolute atomic E-state index is 5.93. The first-order valence-corrected chi connectivity index (χ1v) is 8.76. The molecule has 3 aromatic heterocycles. The van der Waals surface area contributed by atoms with E-state index in [1.54, 1.807) is 12.5 Å². The minimum atomic E-state index is 0.258. The summed E-state index contributed by atoms with van der Waals surface area (Å²) in [5, 5.41) is 9.60. The van der Waals surface area contributed by atoms with Gasteiger partial charge in [0.1, 0.15) is 17.0 Å². The van der Waals surface area contributed by atoms with Gasteiger partial charge in [0.25, 0.3) is 5.89 Å². The van der Waals surface area contributed by atoms with Crippen molar-refractivity contribution in [1.29, 1.82) is 0 Å². The SMILES string of the molecule is Cn1cncc1-c1nnc([C@H]2CCN(Cc3cc4ccccc4o3)C2)o1. The number of hydrogen-bond acceptors (Lipinski definition) is 6. The molecule has 0 amide bonds. The van der Waals surface area contributed by atoms with E-state index in [2.05, 4.69) is 32.2 Å². The lowest BCUT2D eigenvalue weighted by atomic mass is 10.1. The van der Waals surface area contributed by atoms with Crippen LogP contribution in [0.15, 0.2) is 51.7 Å². The van der Waals surface area contributed by atoms with E-state index in [1.165, 1.54) is 0 Å². The van der Waals surface area contributed by atoms with E-state index in [0.717, 1.165) is 48.5 Å². The Morgan fingerprint density at radius 1 is 1.19 bits per heavy atom. The van der Waals surface area contributed by atoms with Crippen LogP contribution < -0.4 is 0 Å². The van der Waals surface area contributed by atoms with Crippen LogP contribution in [0.4, 0.5) is 0 Å². The summed E-state index contributed by atoms with van der Waals surface area (Å²) in [5.74, 6) is 2.48. The molecule has 0 aliphatic carbocycles. The van der Waals surface area contributed by atoms with Crippen molar-refractivity contribution >= 4 is 11.0 Å². The largest absolute Gasteiger partial charge is 0.460 e. The molecular weight excluding hydrogens is 330 g/mol. The molecule has 7 heteroatoms. The third-order valence-corrected chi connectivity index (χ3v) is 4.95. The zero-order valence-electron chi connectivity index (χ0n) is 14.5. The van der Waals surface area contributed by atoms with Gasteiger partial charge in [-0.05, 0) is 25.1 Å². The van der Waals surface area contributed by atoms with Gasteiger partial charge in [-0.25, -0.2) is 4.98 Å². The molecule has 1 saturated heterocycles. The van der Waals surface area contributed by atoms with Crippen LogP contribution in [0.3, 0.4) is 0 Å². The van der Waals surface area contributed by atoms with Crippen LogP contribution in [0.5, 0.6) is 0 Å². The number of fused-ring (bicyclic) bond motifs is 1. The van der Waals surface area contributed by atoms with E-state index >= 15 is 0 Å². The van der Waals surface area contributed by atoms with Crippen molar-refractivity contribution in [1.82, 2.24) is 24.6 Å². The Balaban J connectivity index is 1.28. The average molecular weight is 349 g/mol. The maximum atomic E-state index is 5.93. The summed E-state index contributed by atoms with van der Waals surface area (Å²) in [6, 6.07) is 10.2. The number of imidazole rings is 1. The number of nitrogens with zero attached hydrogens (tertiary/aromatic N) is 5. The fourth-order valence-corrected chi connectivity index (χ4v) is 3.58. The first-order valence-electron chi connectivity index (χ1n) is 8.76. The fraction of sp³-hybridized carbons (Fsp3) is 0.316. The highest BCUT2D eigenvalue weighted by molar-refractivity contribution is 5.77. The van der Waals surface area contributed by atoms with Crippen LogP contribution in [0.1, 0.15) is 24.0 Å². The highest BCUT2D eigenvalue weighted by Crippen LogP contribution is 2.30. The Bertz CT molecular complexity index is 1010. The summed E-state index contributed by atoms with van der Waals surface area (Å²) in [4.78, 5) is 6.47. The Hall–Kier alpha value is -2.93. The molecule has 1 aliphatic heterocycles. The standard InChI is InChI=1S/C19H19N5O2/c1-23-12-20-9-16(23)19-22-21-18(26-19)14-6-7-24(10-14)11-15-8-13-4-2-3-5-17(13)25-15/h2-5,8-9,12,14H,6-7,10-11H2,1H3/t14-/m0/s1. The van der Waals surface area contributed by atoms with Crippen molar-refractivity contribution in [3.05, 3.63) is 54.5 Å². The molecule has 1 aliphatic rings. The summed E-state index contributed by atoms with van der Waals surface area (Å²) in [6.07, 6.45) is 4.47. The number of para-hydroxylation sites is 1. The van der Waals surface area contributed by atoms with Crippen LogP contribution in [0.25, 0.3) is 22.6 Å². The van der Waals surface area contributed by atoms with E-state index in [-0.39, 0.29) is 5.92 Å². The van der Waals surface area contributed by atoms with Gasteiger partial charge in [-0.3, -0.25) is 4.90 Å². The molecular formula is C19H19N5O2. The van der Waals surface area contributed by atoms with Gasteiger partial charge in [-0.1, -0.05) is 18.2 Å². The molecule has 1 fully saturated rings. The molecule has 4 heterocycles. The molecule has 0 radical (unpaired) electrons. The van der Waals surface area contributed by atoms with Crippen molar-refractivity contribution in [2.45, 2.75) is 18.9 Å². The second-order valence-electron chi connectivity index (χ2n) is 6.81. The van der Waals surface area contributed by atoms with Crippen LogP contribution in [0.2, 0.25) is 0 Å². The molecule has 0 N–H and O–H groups in total. The van der Waals surface area contributed by atoms with E-state index in [9.17, 15) is 0 Å². The van der Waals surface area contributed by atoms with Gasteiger partial charge in [-0.2, -0.15) is 0 Å². The zero-order chi connectivity index (χ0) is 17.5. The molecule has 0 spiro atoms. The van der Waals surface area contributed by atoms with Crippen molar-refractivity contribution in [3.8, 4) is 11.6 Å². The summed E-state index contributed by atoms with van der Waals surface area (Å²) in [7, 11) is 1.91. The highest BCUT2D eigenvalue weighted by atomic mass is 16.4. The second-order valence-corrected chi connectivity index (χ2v) is 6.81. The molecule has 0 unspecified atom stereocenters. The van der Waals surface area contributed by atoms with Crippen molar-refractivity contribution in [2.24, 2.45) is 7.05 Å². The smallest absolute Gasteiger partial charge is 0.265 e. The molecule has 132 valence electrons. The van der Waals surface area contributed by atoms with Crippen LogP contribution in [-0.2, 0) is 13.6 Å². The average Bonchev–Trinajstić information content (AvgIpc) is 3.40. The molecule has 0 saturated carbocycles. The number of aromatic nitrogens is 4. The minimum Gasteiger partial charge on any atom is -0.460 e. The molecule has 26 heavy (non-hydrogen) atoms. The zero-order valence-corrected chi connectivity index (χ0v) is 14.5. The van der Waals surface area contributed by atoms with Crippen molar-refractivity contribution in [3.63, 3.8) is 0 Å². The summed E-state index contributed by atoms with van der Waals surface area (Å²) in [6.45, 7) is 2.68. The first kappa shape index (κ1) is 15.3. The fourth-order valence-electron chi connectivity index (χ4n) is 3.58. The lowest BCUT2D eigenvalue weighted by molar-refractivity contribution is 0.294. The number of rotatable bonds is 4. The maximum Gasteiger partial charge on any atom is 0.265 e. The van der Waals surface area contributed by atoms with Crippen LogP contribution >= 0.6 is 0 Å². The topological polar surface area (TPSA) is 73.1 Å². The van der Waals surface area contributed by atoms with Crippen molar-refractivity contribution < 1.29 is 8.83 Å². The Kier molecular flexibility index (Phi) is 3.60. The number of aryl methyl sites for hydroxylation is 1. The van der Waals surface area contributed by atoms with Gasteiger partial charge >= 0.3 is 0 Å².